The molecule has 0 spiro atoms. The lowest BCUT2D eigenvalue weighted by Gasteiger charge is -2.33. The molecule has 2 aromatic heterocycles. The molecule has 0 radical (unpaired) electrons. The van der Waals surface area contributed by atoms with Crippen LogP contribution in [0.25, 0.3) is 0 Å². The number of nitrogens with one attached hydrogen (secondary N) is 1. The molecule has 1 saturated heterocycles. The van der Waals surface area contributed by atoms with E-state index in [-0.39, 0.29) is 5.91 Å². The summed E-state index contributed by atoms with van der Waals surface area (Å²) in [5, 5.41) is 6.25. The zero-order valence-corrected chi connectivity index (χ0v) is 11.7. The number of hydrogen-bond donors (Lipinski definition) is 1. The number of carbonyl (C=O) groups excluding carboxylic acids is 1. The van der Waals surface area contributed by atoms with Crippen LogP contribution in [0.2, 0.25) is 0 Å². The average molecular weight is 288 g/mol. The van der Waals surface area contributed by atoms with Crippen molar-refractivity contribution in [3.05, 3.63) is 30.4 Å². The Morgan fingerprint density at radius 2 is 2.10 bits per heavy atom. The molecule has 0 atom stereocenters. The van der Waals surface area contributed by atoms with E-state index in [2.05, 4.69) is 41.8 Å². The van der Waals surface area contributed by atoms with Crippen molar-refractivity contribution in [2.45, 2.75) is 0 Å². The number of likely N-dealkylation sites (N-methyl/N-ethyl adjacent to an activating group) is 1. The standard InChI is InChI=1S/C13H16N6O2/c1-18-3-5-19(6-4-18)12-8-10(14-9-15-12)13(20)16-11-2-7-21-17-11/h2,7-9H,3-6H2,1H3,(H,16,17,20). The second-order valence-electron chi connectivity index (χ2n) is 4.89. The fraction of sp³-hybridized carbons (Fsp3) is 0.385. The SMILES string of the molecule is CN1CCN(c2cc(C(=O)Nc3ccon3)ncn2)CC1. The van der Waals surface area contributed by atoms with Crippen molar-refractivity contribution in [3.8, 4) is 0 Å². The molecule has 0 aliphatic carbocycles. The van der Waals surface area contributed by atoms with E-state index in [1.165, 1.54) is 12.6 Å². The van der Waals surface area contributed by atoms with Gasteiger partial charge in [0.25, 0.3) is 5.91 Å². The van der Waals surface area contributed by atoms with Gasteiger partial charge in [-0.05, 0) is 7.05 Å². The normalized spacial score (nSPS) is 16.0. The number of amides is 1. The predicted molar refractivity (Wildman–Crippen MR) is 76.2 cm³/mol. The Labute approximate surface area is 121 Å². The first-order valence-corrected chi connectivity index (χ1v) is 6.69. The molecule has 2 aromatic rings. The fourth-order valence-corrected chi connectivity index (χ4v) is 2.14. The summed E-state index contributed by atoms with van der Waals surface area (Å²) < 4.78 is 4.67. The van der Waals surface area contributed by atoms with E-state index >= 15 is 0 Å². The minimum Gasteiger partial charge on any atom is -0.363 e. The molecule has 1 aliphatic rings. The summed E-state index contributed by atoms with van der Waals surface area (Å²) in [5.41, 5.74) is 0.307. The Balaban J connectivity index is 1.72. The van der Waals surface area contributed by atoms with Crippen LogP contribution in [0.5, 0.6) is 0 Å². The fourth-order valence-electron chi connectivity index (χ4n) is 2.14. The molecule has 1 amide bonds. The third-order valence-electron chi connectivity index (χ3n) is 3.39. The molecule has 1 N–H and O–H groups in total. The van der Waals surface area contributed by atoms with Crippen LogP contribution in [0.4, 0.5) is 11.6 Å². The molecule has 0 aromatic carbocycles. The van der Waals surface area contributed by atoms with E-state index in [0.29, 0.717) is 11.5 Å². The van der Waals surface area contributed by atoms with E-state index in [0.717, 1.165) is 32.0 Å². The second-order valence-corrected chi connectivity index (χ2v) is 4.89. The van der Waals surface area contributed by atoms with Crippen LogP contribution in [0.15, 0.2) is 29.2 Å². The number of nitrogens with zero attached hydrogens (tertiary/aromatic N) is 5. The van der Waals surface area contributed by atoms with Gasteiger partial charge in [-0.25, -0.2) is 9.97 Å². The number of piperazine rings is 1. The minimum absolute atomic E-state index is 0.307. The molecule has 0 unspecified atom stereocenters. The Bertz CT molecular complexity index is 607. The first-order chi connectivity index (χ1) is 10.2. The predicted octanol–water partition coefficient (Wildman–Crippen LogP) is 0.469. The molecule has 1 fully saturated rings. The quantitative estimate of drug-likeness (QED) is 0.878. The van der Waals surface area contributed by atoms with Gasteiger partial charge >= 0.3 is 0 Å². The van der Waals surface area contributed by atoms with E-state index in [9.17, 15) is 4.79 Å². The van der Waals surface area contributed by atoms with Crippen molar-refractivity contribution in [1.82, 2.24) is 20.0 Å². The minimum atomic E-state index is -0.332. The van der Waals surface area contributed by atoms with Crippen molar-refractivity contribution >= 4 is 17.5 Å². The van der Waals surface area contributed by atoms with Gasteiger partial charge in [-0.15, -0.1) is 0 Å². The van der Waals surface area contributed by atoms with Crippen molar-refractivity contribution in [3.63, 3.8) is 0 Å². The van der Waals surface area contributed by atoms with Crippen LogP contribution in [-0.4, -0.2) is 59.2 Å². The smallest absolute Gasteiger partial charge is 0.275 e. The molecule has 21 heavy (non-hydrogen) atoms. The monoisotopic (exact) mass is 288 g/mol. The van der Waals surface area contributed by atoms with E-state index in [4.69, 9.17) is 0 Å². The number of carbonyl (C=O) groups is 1. The largest absolute Gasteiger partial charge is 0.363 e. The maximum atomic E-state index is 12.1. The zero-order chi connectivity index (χ0) is 14.7. The van der Waals surface area contributed by atoms with E-state index in [1.54, 1.807) is 12.1 Å². The topological polar surface area (TPSA) is 87.4 Å². The number of rotatable bonds is 3. The molecule has 3 heterocycles. The van der Waals surface area contributed by atoms with Gasteiger partial charge in [0.05, 0.1) is 0 Å². The average Bonchev–Trinajstić information content (AvgIpc) is 3.01. The van der Waals surface area contributed by atoms with Gasteiger partial charge in [0.15, 0.2) is 5.82 Å². The summed E-state index contributed by atoms with van der Waals surface area (Å²) >= 11 is 0. The first-order valence-electron chi connectivity index (χ1n) is 6.69. The lowest BCUT2D eigenvalue weighted by Crippen LogP contribution is -2.44. The molecule has 110 valence electrons. The van der Waals surface area contributed by atoms with E-state index in [1.807, 2.05) is 0 Å². The highest BCUT2D eigenvalue weighted by molar-refractivity contribution is 6.02. The van der Waals surface area contributed by atoms with Gasteiger partial charge in [0.2, 0.25) is 0 Å². The van der Waals surface area contributed by atoms with Crippen molar-refractivity contribution in [2.24, 2.45) is 0 Å². The van der Waals surface area contributed by atoms with Crippen LogP contribution in [0, 0.1) is 0 Å². The first kappa shape index (κ1) is 13.5. The van der Waals surface area contributed by atoms with Crippen molar-refractivity contribution in [1.29, 1.82) is 0 Å². The third-order valence-corrected chi connectivity index (χ3v) is 3.39. The summed E-state index contributed by atoms with van der Waals surface area (Å²) in [6, 6.07) is 3.27. The van der Waals surface area contributed by atoms with Crippen LogP contribution in [-0.2, 0) is 0 Å². The highest BCUT2D eigenvalue weighted by Crippen LogP contribution is 2.14. The van der Waals surface area contributed by atoms with Crippen LogP contribution < -0.4 is 10.2 Å². The van der Waals surface area contributed by atoms with Gasteiger partial charge in [-0.3, -0.25) is 4.79 Å². The van der Waals surface area contributed by atoms with Crippen LogP contribution in [0.3, 0.4) is 0 Å². The van der Waals surface area contributed by atoms with Crippen molar-refractivity contribution < 1.29 is 9.32 Å². The van der Waals surface area contributed by atoms with E-state index < -0.39 is 0 Å². The van der Waals surface area contributed by atoms with Crippen LogP contribution in [0.1, 0.15) is 10.5 Å². The van der Waals surface area contributed by atoms with Crippen LogP contribution >= 0.6 is 0 Å². The molecule has 0 bridgehead atoms. The molecular weight excluding hydrogens is 272 g/mol. The summed E-state index contributed by atoms with van der Waals surface area (Å²) in [6.07, 6.45) is 2.80. The lowest BCUT2D eigenvalue weighted by atomic mass is 10.3. The highest BCUT2D eigenvalue weighted by Gasteiger charge is 2.17. The number of aromatic nitrogens is 3. The number of anilines is 2. The summed E-state index contributed by atoms with van der Waals surface area (Å²) in [4.78, 5) is 24.8. The Morgan fingerprint density at radius 1 is 1.29 bits per heavy atom. The molecule has 8 heteroatoms. The molecule has 8 nitrogen and oxygen atoms in total. The summed E-state index contributed by atoms with van der Waals surface area (Å²) in [7, 11) is 2.09. The molecular formula is C13H16N6O2. The van der Waals surface area contributed by atoms with Gasteiger partial charge in [-0.2, -0.15) is 0 Å². The maximum absolute atomic E-state index is 12.1. The van der Waals surface area contributed by atoms with Gasteiger partial charge in [-0.1, -0.05) is 5.16 Å². The Kier molecular flexibility index (Phi) is 3.78. The molecule has 3 rings (SSSR count). The molecule has 0 saturated carbocycles. The lowest BCUT2D eigenvalue weighted by molar-refractivity contribution is 0.102. The molecule has 1 aliphatic heterocycles. The Morgan fingerprint density at radius 3 is 2.81 bits per heavy atom. The van der Waals surface area contributed by atoms with Gasteiger partial charge in [0, 0.05) is 38.3 Å². The van der Waals surface area contributed by atoms with Gasteiger partial charge in [0.1, 0.15) is 24.1 Å². The van der Waals surface area contributed by atoms with Crippen molar-refractivity contribution in [2.75, 3.05) is 43.4 Å². The third kappa shape index (κ3) is 3.16. The maximum Gasteiger partial charge on any atom is 0.275 e. The van der Waals surface area contributed by atoms with Gasteiger partial charge < -0.3 is 19.6 Å². The Hall–Kier alpha value is -2.48. The summed E-state index contributed by atoms with van der Waals surface area (Å²) in [5.74, 6) is 0.796. The second kappa shape index (κ2) is 5.88. The zero-order valence-electron chi connectivity index (χ0n) is 11.7. The number of hydrogen-bond acceptors (Lipinski definition) is 7. The highest BCUT2D eigenvalue weighted by atomic mass is 16.5. The summed E-state index contributed by atoms with van der Waals surface area (Å²) in [6.45, 7) is 3.73.